The van der Waals surface area contributed by atoms with E-state index in [-0.39, 0.29) is 5.82 Å². The van der Waals surface area contributed by atoms with Crippen LogP contribution in [-0.2, 0) is 6.54 Å². The first kappa shape index (κ1) is 7.23. The molecule has 5 heteroatoms. The van der Waals surface area contributed by atoms with Gasteiger partial charge in [0.1, 0.15) is 12.4 Å². The lowest BCUT2D eigenvalue weighted by molar-refractivity contribution is 0.624. The minimum Gasteiger partial charge on any atom is -0.251 e. The zero-order chi connectivity index (χ0) is 8.10. The van der Waals surface area contributed by atoms with Crippen molar-refractivity contribution in [1.29, 1.82) is 10.5 Å². The number of nitrogens with zero attached hydrogens (tertiary/aromatic N) is 5. The molecule has 0 unspecified atom stereocenters. The van der Waals surface area contributed by atoms with E-state index in [2.05, 4.69) is 10.1 Å². The van der Waals surface area contributed by atoms with Gasteiger partial charge in [0.05, 0.1) is 19.0 Å². The van der Waals surface area contributed by atoms with E-state index in [1.807, 2.05) is 6.07 Å². The maximum Gasteiger partial charge on any atom is 0.252 e. The highest BCUT2D eigenvalue weighted by Gasteiger charge is 1.96. The Kier molecular flexibility index (Phi) is 2.19. The van der Waals surface area contributed by atoms with Crippen molar-refractivity contribution >= 4 is 0 Å². The third-order valence-electron chi connectivity index (χ3n) is 1.09. The van der Waals surface area contributed by atoms with Gasteiger partial charge in [-0.2, -0.15) is 10.5 Å². The second-order valence-corrected chi connectivity index (χ2v) is 1.85. The van der Waals surface area contributed by atoms with Crippen LogP contribution in [0.25, 0.3) is 0 Å². The van der Waals surface area contributed by atoms with E-state index < -0.39 is 0 Å². The van der Waals surface area contributed by atoms with E-state index in [0.717, 1.165) is 0 Å². The summed E-state index contributed by atoms with van der Waals surface area (Å²) in [5, 5.41) is 20.3. The predicted molar refractivity (Wildman–Crippen MR) is 35.0 cm³/mol. The van der Waals surface area contributed by atoms with Crippen molar-refractivity contribution < 1.29 is 0 Å². The Balaban J connectivity index is 2.62. The molecule has 0 aromatic carbocycles. The van der Waals surface area contributed by atoms with Crippen molar-refractivity contribution in [3.05, 3.63) is 12.2 Å². The van der Waals surface area contributed by atoms with Crippen LogP contribution in [-0.4, -0.2) is 14.8 Å². The fraction of sp³-hybridized carbons (Fsp3) is 0.333. The molecule has 0 spiro atoms. The Labute approximate surface area is 63.5 Å². The molecule has 0 amide bonds. The van der Waals surface area contributed by atoms with Crippen molar-refractivity contribution in [3.63, 3.8) is 0 Å². The van der Waals surface area contributed by atoms with Crippen LogP contribution in [0, 0.1) is 22.7 Å². The second kappa shape index (κ2) is 3.33. The molecular weight excluding hydrogens is 142 g/mol. The van der Waals surface area contributed by atoms with Crippen LogP contribution in [0.5, 0.6) is 0 Å². The quantitative estimate of drug-likeness (QED) is 0.592. The van der Waals surface area contributed by atoms with Gasteiger partial charge in [-0.15, -0.1) is 5.10 Å². The highest BCUT2D eigenvalue weighted by Crippen LogP contribution is 1.88. The molecule has 11 heavy (non-hydrogen) atoms. The standard InChI is InChI=1S/C6H5N5/c7-2-1-3-11-5-9-6(4-8)10-11/h5H,1,3H2. The number of hydrogen-bond donors (Lipinski definition) is 0. The second-order valence-electron chi connectivity index (χ2n) is 1.85. The summed E-state index contributed by atoms with van der Waals surface area (Å²) in [4.78, 5) is 3.67. The van der Waals surface area contributed by atoms with Crippen molar-refractivity contribution in [2.24, 2.45) is 0 Å². The van der Waals surface area contributed by atoms with Crippen LogP contribution in [0.15, 0.2) is 6.33 Å². The molecule has 0 atom stereocenters. The Morgan fingerprint density at radius 2 is 2.36 bits per heavy atom. The van der Waals surface area contributed by atoms with Gasteiger partial charge in [-0.25, -0.2) is 4.98 Å². The average molecular weight is 147 g/mol. The molecule has 54 valence electrons. The molecule has 5 nitrogen and oxygen atoms in total. The Morgan fingerprint density at radius 1 is 1.55 bits per heavy atom. The Morgan fingerprint density at radius 3 is 2.91 bits per heavy atom. The first-order valence-corrected chi connectivity index (χ1v) is 3.03. The molecule has 1 rings (SSSR count). The van der Waals surface area contributed by atoms with Crippen molar-refractivity contribution in [2.75, 3.05) is 0 Å². The van der Waals surface area contributed by atoms with Gasteiger partial charge in [0.2, 0.25) is 0 Å². The molecule has 0 aliphatic heterocycles. The highest BCUT2D eigenvalue weighted by atomic mass is 15.3. The number of rotatable bonds is 2. The normalized spacial score (nSPS) is 8.55. The third kappa shape index (κ3) is 1.77. The van der Waals surface area contributed by atoms with Crippen LogP contribution >= 0.6 is 0 Å². The Hall–Kier alpha value is -1.88. The molecule has 0 N–H and O–H groups in total. The fourth-order valence-electron chi connectivity index (χ4n) is 0.618. The fourth-order valence-corrected chi connectivity index (χ4v) is 0.618. The summed E-state index contributed by atoms with van der Waals surface area (Å²) >= 11 is 0. The lowest BCUT2D eigenvalue weighted by Gasteiger charge is -1.90. The molecule has 0 aliphatic rings. The van der Waals surface area contributed by atoms with E-state index in [9.17, 15) is 0 Å². The van der Waals surface area contributed by atoms with Crippen molar-refractivity contribution in [1.82, 2.24) is 14.8 Å². The highest BCUT2D eigenvalue weighted by molar-refractivity contribution is 5.05. The first-order chi connectivity index (χ1) is 5.36. The van der Waals surface area contributed by atoms with Gasteiger partial charge in [-0.1, -0.05) is 0 Å². The SMILES string of the molecule is N#CCCn1cnc(C#N)n1. The molecule has 0 saturated heterocycles. The number of aromatic nitrogens is 3. The lowest BCUT2D eigenvalue weighted by Crippen LogP contribution is -1.97. The topological polar surface area (TPSA) is 78.3 Å². The van der Waals surface area contributed by atoms with Crippen LogP contribution < -0.4 is 0 Å². The largest absolute Gasteiger partial charge is 0.252 e. The van der Waals surface area contributed by atoms with E-state index in [1.165, 1.54) is 11.0 Å². The van der Waals surface area contributed by atoms with E-state index >= 15 is 0 Å². The van der Waals surface area contributed by atoms with Gasteiger partial charge in [0.25, 0.3) is 5.82 Å². The third-order valence-corrected chi connectivity index (χ3v) is 1.09. The van der Waals surface area contributed by atoms with Crippen molar-refractivity contribution in [2.45, 2.75) is 13.0 Å². The van der Waals surface area contributed by atoms with E-state index in [4.69, 9.17) is 10.5 Å². The van der Waals surface area contributed by atoms with Crippen molar-refractivity contribution in [3.8, 4) is 12.1 Å². The summed E-state index contributed by atoms with van der Waals surface area (Å²) in [6, 6.07) is 3.77. The first-order valence-electron chi connectivity index (χ1n) is 3.03. The molecule has 0 bridgehead atoms. The summed E-state index contributed by atoms with van der Waals surface area (Å²) in [5.74, 6) is 0.142. The molecule has 0 aliphatic carbocycles. The van der Waals surface area contributed by atoms with Gasteiger partial charge in [0, 0.05) is 0 Å². The zero-order valence-corrected chi connectivity index (χ0v) is 5.73. The number of nitriles is 2. The minimum absolute atomic E-state index is 0.142. The van der Waals surface area contributed by atoms with Gasteiger partial charge in [-0.05, 0) is 0 Å². The summed E-state index contributed by atoms with van der Waals surface area (Å²) in [7, 11) is 0. The lowest BCUT2D eigenvalue weighted by atomic mass is 10.5. The smallest absolute Gasteiger partial charge is 0.251 e. The Bertz CT molecular complexity index is 312. The summed E-state index contributed by atoms with van der Waals surface area (Å²) in [6.07, 6.45) is 1.82. The minimum atomic E-state index is 0.142. The van der Waals surface area contributed by atoms with Crippen LogP contribution in [0.3, 0.4) is 0 Å². The maximum atomic E-state index is 8.32. The molecule has 0 fully saturated rings. The monoisotopic (exact) mass is 147 g/mol. The molecular formula is C6H5N5. The number of hydrogen-bond acceptors (Lipinski definition) is 4. The number of aryl methyl sites for hydroxylation is 1. The van der Waals surface area contributed by atoms with E-state index in [1.54, 1.807) is 6.07 Å². The van der Waals surface area contributed by atoms with Crippen LogP contribution in [0.2, 0.25) is 0 Å². The molecule has 1 aromatic heterocycles. The molecule has 0 radical (unpaired) electrons. The zero-order valence-electron chi connectivity index (χ0n) is 5.73. The average Bonchev–Trinajstić information content (AvgIpc) is 2.48. The van der Waals surface area contributed by atoms with Gasteiger partial charge in [-0.3, -0.25) is 4.68 Å². The van der Waals surface area contributed by atoms with Gasteiger partial charge >= 0.3 is 0 Å². The molecule has 1 aromatic rings. The molecule has 1 heterocycles. The van der Waals surface area contributed by atoms with Crippen LogP contribution in [0.4, 0.5) is 0 Å². The predicted octanol–water partition coefficient (Wildman–Crippen LogP) is 0.0635. The van der Waals surface area contributed by atoms with Gasteiger partial charge < -0.3 is 0 Å². The summed E-state index contributed by atoms with van der Waals surface area (Å²) < 4.78 is 1.47. The van der Waals surface area contributed by atoms with E-state index in [0.29, 0.717) is 13.0 Å². The summed E-state index contributed by atoms with van der Waals surface area (Å²) in [5.41, 5.74) is 0. The summed E-state index contributed by atoms with van der Waals surface area (Å²) in [6.45, 7) is 0.491. The maximum absolute atomic E-state index is 8.32. The molecule has 0 saturated carbocycles. The van der Waals surface area contributed by atoms with Crippen LogP contribution in [0.1, 0.15) is 12.2 Å². The van der Waals surface area contributed by atoms with Gasteiger partial charge in [0.15, 0.2) is 0 Å².